The molecule has 6 N–H and O–H groups in total. The molecule has 2 aromatic rings. The molecular formula is C28H40N4O6. The summed E-state index contributed by atoms with van der Waals surface area (Å²) in [5.74, 6) is 0. The van der Waals surface area contributed by atoms with E-state index in [-0.39, 0.29) is 26.4 Å². The normalized spacial score (nSPS) is 17.7. The number of carbonyl (C=O) groups is 2. The van der Waals surface area contributed by atoms with Gasteiger partial charge in [-0.2, -0.15) is 0 Å². The zero-order valence-electron chi connectivity index (χ0n) is 21.8. The predicted octanol–water partition coefficient (Wildman–Crippen LogP) is 2.05. The van der Waals surface area contributed by atoms with Crippen LogP contribution in [0.1, 0.15) is 36.8 Å². The summed E-state index contributed by atoms with van der Waals surface area (Å²) in [6, 6.07) is 19.0. The van der Waals surface area contributed by atoms with Crippen LogP contribution >= 0.6 is 0 Å². The van der Waals surface area contributed by atoms with Crippen LogP contribution in [0, 0.1) is 0 Å². The number of carbonyl (C=O) groups excluding carboxylic acids is 2. The van der Waals surface area contributed by atoms with Crippen molar-refractivity contribution in [2.24, 2.45) is 0 Å². The molecule has 2 aromatic carbocycles. The summed E-state index contributed by atoms with van der Waals surface area (Å²) in [5.41, 5.74) is 0.805. The van der Waals surface area contributed by atoms with Crippen LogP contribution in [-0.4, -0.2) is 72.9 Å². The fourth-order valence-electron chi connectivity index (χ4n) is 4.41. The van der Waals surface area contributed by atoms with Crippen LogP contribution < -0.4 is 21.3 Å². The molecule has 10 heteroatoms. The second kappa shape index (κ2) is 15.3. The Morgan fingerprint density at radius 2 is 1.00 bits per heavy atom. The van der Waals surface area contributed by atoms with Crippen LogP contribution in [0.5, 0.6) is 0 Å². The van der Waals surface area contributed by atoms with Crippen molar-refractivity contribution < 1.29 is 29.3 Å². The maximum Gasteiger partial charge on any atom is 0.407 e. The lowest BCUT2D eigenvalue weighted by atomic mass is 9.89. The second-order valence-corrected chi connectivity index (χ2v) is 9.75. The lowest BCUT2D eigenvalue weighted by Crippen LogP contribution is -2.56. The van der Waals surface area contributed by atoms with Crippen molar-refractivity contribution >= 4 is 12.2 Å². The van der Waals surface area contributed by atoms with Crippen LogP contribution in [-0.2, 0) is 22.7 Å². The highest BCUT2D eigenvalue weighted by atomic mass is 16.6. The Hall–Kier alpha value is -3.18. The Morgan fingerprint density at radius 3 is 1.32 bits per heavy atom. The van der Waals surface area contributed by atoms with E-state index in [1.807, 2.05) is 60.7 Å². The molecule has 0 aliphatic carbocycles. The zero-order valence-corrected chi connectivity index (χ0v) is 21.8. The smallest absolute Gasteiger partial charge is 0.407 e. The summed E-state index contributed by atoms with van der Waals surface area (Å²) in [6.07, 6.45) is 1.90. The van der Waals surface area contributed by atoms with Crippen molar-refractivity contribution in [2.45, 2.75) is 50.0 Å². The van der Waals surface area contributed by atoms with Gasteiger partial charge >= 0.3 is 12.2 Å². The Morgan fingerprint density at radius 1 is 0.658 bits per heavy atom. The molecule has 0 bridgehead atoms. The number of nitrogens with one attached hydrogen (secondary N) is 4. The van der Waals surface area contributed by atoms with E-state index in [0.717, 1.165) is 37.3 Å². The standard InChI is InChI=1S/2C14H20N2O3/c2*17-11-14(6-8-15-9-7-14)16-13(18)19-10-12-4-2-1-3-5-12/h2*1-5,15,17H,6-11H2,(H,16,18). The monoisotopic (exact) mass is 528 g/mol. The van der Waals surface area contributed by atoms with Crippen LogP contribution in [0.4, 0.5) is 9.59 Å². The molecular weight excluding hydrogens is 488 g/mol. The highest BCUT2D eigenvalue weighted by Crippen LogP contribution is 2.19. The predicted molar refractivity (Wildman–Crippen MR) is 143 cm³/mol. The first-order valence-electron chi connectivity index (χ1n) is 13.1. The summed E-state index contributed by atoms with van der Waals surface area (Å²) >= 11 is 0. The largest absolute Gasteiger partial charge is 0.445 e. The SMILES string of the molecule is O=C(NC1(CO)CCNCC1)OCc1ccccc1.O=C(NC1(CO)CCNCC1)OCc1ccccc1. The van der Waals surface area contributed by atoms with Gasteiger partial charge in [-0.15, -0.1) is 0 Å². The number of piperidine rings is 2. The maximum absolute atomic E-state index is 11.8. The molecule has 0 unspecified atom stereocenters. The quantitative estimate of drug-likeness (QED) is 0.306. The first kappa shape index (κ1) is 29.4. The van der Waals surface area contributed by atoms with Gasteiger partial charge in [0.05, 0.1) is 24.3 Å². The third kappa shape index (κ3) is 9.60. The highest BCUT2D eigenvalue weighted by Gasteiger charge is 2.34. The minimum absolute atomic E-state index is 0.0604. The first-order valence-corrected chi connectivity index (χ1v) is 13.1. The number of aliphatic hydroxyl groups is 2. The van der Waals surface area contributed by atoms with Crippen molar-refractivity contribution in [3.8, 4) is 0 Å². The van der Waals surface area contributed by atoms with Crippen LogP contribution in [0.3, 0.4) is 0 Å². The number of rotatable bonds is 8. The van der Waals surface area contributed by atoms with E-state index in [9.17, 15) is 19.8 Å². The number of aliphatic hydroxyl groups excluding tert-OH is 2. The van der Waals surface area contributed by atoms with E-state index in [0.29, 0.717) is 25.7 Å². The molecule has 38 heavy (non-hydrogen) atoms. The van der Waals surface area contributed by atoms with E-state index >= 15 is 0 Å². The van der Waals surface area contributed by atoms with Crippen molar-refractivity contribution in [1.29, 1.82) is 0 Å². The molecule has 10 nitrogen and oxygen atoms in total. The lowest BCUT2D eigenvalue weighted by Gasteiger charge is -2.36. The third-order valence-corrected chi connectivity index (χ3v) is 6.89. The van der Waals surface area contributed by atoms with Crippen molar-refractivity contribution in [3.05, 3.63) is 71.8 Å². The average molecular weight is 529 g/mol. The molecule has 0 aromatic heterocycles. The van der Waals surface area contributed by atoms with Crippen molar-refractivity contribution in [2.75, 3.05) is 39.4 Å². The van der Waals surface area contributed by atoms with Gasteiger partial charge in [0.15, 0.2) is 0 Å². The minimum atomic E-state index is -0.543. The van der Waals surface area contributed by atoms with Gasteiger partial charge < -0.3 is 41.0 Å². The number of hydrogen-bond donors (Lipinski definition) is 6. The molecule has 0 atom stereocenters. The molecule has 2 saturated heterocycles. The van der Waals surface area contributed by atoms with E-state index in [4.69, 9.17) is 9.47 Å². The zero-order chi connectivity index (χ0) is 27.1. The lowest BCUT2D eigenvalue weighted by molar-refractivity contribution is 0.0918. The first-order chi connectivity index (χ1) is 18.5. The summed E-state index contributed by atoms with van der Waals surface area (Å²) < 4.78 is 10.4. The van der Waals surface area contributed by atoms with Gasteiger partial charge in [-0.25, -0.2) is 9.59 Å². The number of ether oxygens (including phenoxy) is 2. The van der Waals surface area contributed by atoms with E-state index in [2.05, 4.69) is 21.3 Å². The van der Waals surface area contributed by atoms with Crippen molar-refractivity contribution in [1.82, 2.24) is 21.3 Å². The number of amides is 2. The molecule has 0 spiro atoms. The second-order valence-electron chi connectivity index (χ2n) is 9.75. The van der Waals surface area contributed by atoms with Crippen LogP contribution in [0.25, 0.3) is 0 Å². The number of benzene rings is 2. The minimum Gasteiger partial charge on any atom is -0.445 e. The van der Waals surface area contributed by atoms with Gasteiger partial charge in [0.25, 0.3) is 0 Å². The fraction of sp³-hybridized carbons (Fsp3) is 0.500. The Kier molecular flexibility index (Phi) is 11.8. The summed E-state index contributed by atoms with van der Waals surface area (Å²) in [4.78, 5) is 23.6. The molecule has 0 radical (unpaired) electrons. The van der Waals surface area contributed by atoms with Gasteiger partial charge in [0.1, 0.15) is 13.2 Å². The van der Waals surface area contributed by atoms with Gasteiger partial charge in [0.2, 0.25) is 0 Å². The number of alkyl carbamates (subject to hydrolysis) is 2. The average Bonchev–Trinajstić information content (AvgIpc) is 2.97. The van der Waals surface area contributed by atoms with Crippen molar-refractivity contribution in [3.63, 3.8) is 0 Å². The van der Waals surface area contributed by atoms with Gasteiger partial charge in [0, 0.05) is 0 Å². The molecule has 2 heterocycles. The van der Waals surface area contributed by atoms with Gasteiger partial charge in [-0.05, 0) is 63.0 Å². The summed E-state index contributed by atoms with van der Waals surface area (Å²) in [7, 11) is 0. The van der Waals surface area contributed by atoms with Gasteiger partial charge in [-0.3, -0.25) is 0 Å². The molecule has 2 aliphatic rings. The Balaban J connectivity index is 0.000000211. The molecule has 2 aliphatic heterocycles. The highest BCUT2D eigenvalue weighted by molar-refractivity contribution is 5.68. The molecule has 4 rings (SSSR count). The maximum atomic E-state index is 11.8. The fourth-order valence-corrected chi connectivity index (χ4v) is 4.41. The van der Waals surface area contributed by atoms with E-state index < -0.39 is 23.3 Å². The Labute approximate surface area is 224 Å². The van der Waals surface area contributed by atoms with E-state index in [1.165, 1.54) is 0 Å². The van der Waals surface area contributed by atoms with E-state index in [1.54, 1.807) is 0 Å². The van der Waals surface area contributed by atoms with Crippen LogP contribution in [0.15, 0.2) is 60.7 Å². The third-order valence-electron chi connectivity index (χ3n) is 6.89. The van der Waals surface area contributed by atoms with Crippen LogP contribution in [0.2, 0.25) is 0 Å². The van der Waals surface area contributed by atoms with Gasteiger partial charge in [-0.1, -0.05) is 60.7 Å². The molecule has 2 amide bonds. The Bertz CT molecular complexity index is 884. The summed E-state index contributed by atoms with van der Waals surface area (Å²) in [6.45, 7) is 3.53. The molecule has 2 fully saturated rings. The summed E-state index contributed by atoms with van der Waals surface area (Å²) in [5, 5.41) is 31.0. The number of hydrogen-bond acceptors (Lipinski definition) is 8. The topological polar surface area (TPSA) is 141 Å². The molecule has 0 saturated carbocycles. The molecule has 208 valence electrons.